The second kappa shape index (κ2) is 7.91. The molecule has 1 aromatic carbocycles. The third kappa shape index (κ3) is 3.69. The predicted molar refractivity (Wildman–Crippen MR) is 104 cm³/mol. The van der Waals surface area contributed by atoms with Gasteiger partial charge in [0.2, 0.25) is 11.8 Å². The largest absolute Gasteiger partial charge is 0.497 e. The molecule has 146 valence electrons. The number of carbonyl (C=O) groups is 2. The Morgan fingerprint density at radius 3 is 2.19 bits per heavy atom. The van der Waals surface area contributed by atoms with Crippen molar-refractivity contribution >= 4 is 11.8 Å². The molecule has 4 rings (SSSR count). The molecule has 5 nitrogen and oxygen atoms in total. The van der Waals surface area contributed by atoms with Crippen LogP contribution < -0.4 is 4.74 Å². The van der Waals surface area contributed by atoms with E-state index in [1.165, 1.54) is 0 Å². The van der Waals surface area contributed by atoms with Crippen LogP contribution >= 0.6 is 0 Å². The summed E-state index contributed by atoms with van der Waals surface area (Å²) in [4.78, 5) is 30.2. The zero-order valence-corrected chi connectivity index (χ0v) is 16.2. The molecular formula is C22H30N2O3. The quantitative estimate of drug-likeness (QED) is 0.818. The van der Waals surface area contributed by atoms with Gasteiger partial charge >= 0.3 is 0 Å². The van der Waals surface area contributed by atoms with Gasteiger partial charge < -0.3 is 14.5 Å². The van der Waals surface area contributed by atoms with Crippen molar-refractivity contribution in [2.45, 2.75) is 44.4 Å². The standard InChI is InChI=1S/C22H30N2O3/c1-27-18-10-8-16(9-11-18)19-14-24(21(25)17-6-2-3-7-17)15-20(19)22(26)23-12-4-5-13-23/h8-11,17,19-20H,2-7,12-15H2,1H3. The van der Waals surface area contributed by atoms with E-state index in [0.717, 1.165) is 62.9 Å². The number of rotatable bonds is 4. The Balaban J connectivity index is 1.56. The molecule has 0 radical (unpaired) electrons. The minimum absolute atomic E-state index is 0.0781. The van der Waals surface area contributed by atoms with Crippen molar-refractivity contribution < 1.29 is 14.3 Å². The van der Waals surface area contributed by atoms with E-state index in [-0.39, 0.29) is 29.6 Å². The highest BCUT2D eigenvalue weighted by atomic mass is 16.5. The number of methoxy groups -OCH3 is 1. The highest BCUT2D eigenvalue weighted by Crippen LogP contribution is 2.37. The minimum Gasteiger partial charge on any atom is -0.497 e. The van der Waals surface area contributed by atoms with E-state index < -0.39 is 0 Å². The molecule has 2 aliphatic heterocycles. The molecular weight excluding hydrogens is 340 g/mol. The summed E-state index contributed by atoms with van der Waals surface area (Å²) in [5.74, 6) is 1.44. The van der Waals surface area contributed by atoms with Gasteiger partial charge in [0.25, 0.3) is 0 Å². The molecule has 3 fully saturated rings. The molecule has 1 aromatic rings. The average molecular weight is 370 g/mol. The Bertz CT molecular complexity index is 675. The van der Waals surface area contributed by atoms with Gasteiger partial charge in [-0.25, -0.2) is 0 Å². The summed E-state index contributed by atoms with van der Waals surface area (Å²) >= 11 is 0. The summed E-state index contributed by atoms with van der Waals surface area (Å²) in [6.45, 7) is 2.95. The van der Waals surface area contributed by atoms with Gasteiger partial charge in [0.15, 0.2) is 0 Å². The summed E-state index contributed by atoms with van der Waals surface area (Å²) < 4.78 is 5.27. The molecule has 27 heavy (non-hydrogen) atoms. The van der Waals surface area contributed by atoms with Crippen LogP contribution in [0.3, 0.4) is 0 Å². The van der Waals surface area contributed by atoms with Crippen LogP contribution in [-0.4, -0.2) is 54.9 Å². The van der Waals surface area contributed by atoms with Crippen LogP contribution in [0.1, 0.15) is 50.0 Å². The molecule has 0 spiro atoms. The first-order valence-electron chi connectivity index (χ1n) is 10.4. The fourth-order valence-electron chi connectivity index (χ4n) is 5.03. The Morgan fingerprint density at radius 2 is 1.56 bits per heavy atom. The molecule has 2 atom stereocenters. The SMILES string of the molecule is COc1ccc(C2CN(C(=O)C3CCCC3)CC2C(=O)N2CCCC2)cc1. The van der Waals surface area contributed by atoms with Gasteiger partial charge in [0.1, 0.15) is 5.75 Å². The second-order valence-corrected chi connectivity index (χ2v) is 8.24. The van der Waals surface area contributed by atoms with E-state index in [4.69, 9.17) is 4.74 Å². The molecule has 2 unspecified atom stereocenters. The molecule has 0 N–H and O–H groups in total. The van der Waals surface area contributed by atoms with E-state index in [0.29, 0.717) is 13.1 Å². The molecule has 2 saturated heterocycles. The van der Waals surface area contributed by atoms with Gasteiger partial charge in [0, 0.05) is 38.0 Å². The number of hydrogen-bond acceptors (Lipinski definition) is 3. The first-order valence-corrected chi connectivity index (χ1v) is 10.4. The van der Waals surface area contributed by atoms with Crippen molar-refractivity contribution in [1.29, 1.82) is 0 Å². The fraction of sp³-hybridized carbons (Fsp3) is 0.636. The van der Waals surface area contributed by atoms with Gasteiger partial charge in [-0.15, -0.1) is 0 Å². The lowest BCUT2D eigenvalue weighted by atomic mass is 9.88. The van der Waals surface area contributed by atoms with E-state index in [1.807, 2.05) is 21.9 Å². The van der Waals surface area contributed by atoms with Crippen molar-refractivity contribution in [2.24, 2.45) is 11.8 Å². The maximum atomic E-state index is 13.2. The van der Waals surface area contributed by atoms with E-state index >= 15 is 0 Å². The third-order valence-electron chi connectivity index (χ3n) is 6.61. The third-order valence-corrected chi connectivity index (χ3v) is 6.61. The number of nitrogens with zero attached hydrogens (tertiary/aromatic N) is 2. The Kier molecular flexibility index (Phi) is 5.37. The summed E-state index contributed by atoms with van der Waals surface area (Å²) in [6.07, 6.45) is 6.51. The number of carbonyl (C=O) groups excluding carboxylic acids is 2. The summed E-state index contributed by atoms with van der Waals surface area (Å²) in [5, 5.41) is 0. The van der Waals surface area contributed by atoms with E-state index in [1.54, 1.807) is 7.11 Å². The smallest absolute Gasteiger partial charge is 0.228 e. The lowest BCUT2D eigenvalue weighted by Crippen LogP contribution is -2.38. The first-order chi connectivity index (χ1) is 13.2. The topological polar surface area (TPSA) is 49.9 Å². The number of likely N-dealkylation sites (tertiary alicyclic amines) is 2. The molecule has 5 heteroatoms. The highest BCUT2D eigenvalue weighted by Gasteiger charge is 2.43. The minimum atomic E-state index is -0.123. The maximum Gasteiger partial charge on any atom is 0.228 e. The number of ether oxygens (including phenoxy) is 1. The number of amides is 2. The van der Waals surface area contributed by atoms with Crippen LogP contribution in [0.2, 0.25) is 0 Å². The van der Waals surface area contributed by atoms with Gasteiger partial charge in [-0.2, -0.15) is 0 Å². The molecule has 1 aliphatic carbocycles. The normalized spacial score (nSPS) is 26.0. The highest BCUT2D eigenvalue weighted by molar-refractivity contribution is 5.84. The van der Waals surface area contributed by atoms with Crippen molar-refractivity contribution in [2.75, 3.05) is 33.3 Å². The van der Waals surface area contributed by atoms with Gasteiger partial charge in [0.05, 0.1) is 13.0 Å². The molecule has 0 aromatic heterocycles. The Morgan fingerprint density at radius 1 is 0.889 bits per heavy atom. The summed E-state index contributed by atoms with van der Waals surface area (Å²) in [7, 11) is 1.66. The van der Waals surface area contributed by atoms with Crippen LogP contribution in [0.5, 0.6) is 5.75 Å². The lowest BCUT2D eigenvalue weighted by molar-refractivity contribution is -0.136. The molecule has 3 aliphatic rings. The summed E-state index contributed by atoms with van der Waals surface area (Å²) in [5.41, 5.74) is 1.13. The van der Waals surface area contributed by atoms with Crippen LogP contribution in [-0.2, 0) is 9.59 Å². The maximum absolute atomic E-state index is 13.2. The zero-order valence-electron chi connectivity index (χ0n) is 16.2. The van der Waals surface area contributed by atoms with Gasteiger partial charge in [-0.1, -0.05) is 25.0 Å². The van der Waals surface area contributed by atoms with Crippen LogP contribution in [0, 0.1) is 11.8 Å². The Labute approximate surface area is 161 Å². The summed E-state index contributed by atoms with van der Waals surface area (Å²) in [6, 6.07) is 8.01. The van der Waals surface area contributed by atoms with Crippen molar-refractivity contribution in [1.82, 2.24) is 9.80 Å². The predicted octanol–water partition coefficient (Wildman–Crippen LogP) is 3.05. The monoisotopic (exact) mass is 370 g/mol. The molecule has 0 bridgehead atoms. The molecule has 1 saturated carbocycles. The van der Waals surface area contributed by atoms with Crippen molar-refractivity contribution in [3.63, 3.8) is 0 Å². The van der Waals surface area contributed by atoms with Gasteiger partial charge in [-0.05, 0) is 43.4 Å². The second-order valence-electron chi connectivity index (χ2n) is 8.24. The van der Waals surface area contributed by atoms with E-state index in [2.05, 4.69) is 12.1 Å². The van der Waals surface area contributed by atoms with E-state index in [9.17, 15) is 9.59 Å². The number of hydrogen-bond donors (Lipinski definition) is 0. The van der Waals surface area contributed by atoms with Crippen LogP contribution in [0.4, 0.5) is 0 Å². The van der Waals surface area contributed by atoms with Crippen LogP contribution in [0.15, 0.2) is 24.3 Å². The lowest BCUT2D eigenvalue weighted by Gasteiger charge is -2.24. The first kappa shape index (κ1) is 18.3. The Hall–Kier alpha value is -2.04. The number of benzene rings is 1. The van der Waals surface area contributed by atoms with Crippen molar-refractivity contribution in [3.05, 3.63) is 29.8 Å². The average Bonchev–Trinajstić information content (AvgIpc) is 3.48. The molecule has 2 amide bonds. The molecule has 2 heterocycles. The van der Waals surface area contributed by atoms with Crippen LogP contribution in [0.25, 0.3) is 0 Å². The zero-order chi connectivity index (χ0) is 18.8. The fourth-order valence-corrected chi connectivity index (χ4v) is 5.03. The van der Waals surface area contributed by atoms with Gasteiger partial charge in [-0.3, -0.25) is 9.59 Å². The van der Waals surface area contributed by atoms with Crippen molar-refractivity contribution in [3.8, 4) is 5.75 Å².